The first kappa shape index (κ1) is 14.6. The van der Waals surface area contributed by atoms with E-state index in [0.717, 1.165) is 16.4 Å². The topological polar surface area (TPSA) is 32.3 Å². The number of hydrogen-bond donors (Lipinski definition) is 1. The lowest BCUT2D eigenvalue weighted by molar-refractivity contribution is 0.0680. The van der Waals surface area contributed by atoms with Crippen LogP contribution in [0.5, 0.6) is 0 Å². The molecule has 2 heterocycles. The lowest BCUT2D eigenvalue weighted by atomic mass is 9.98. The van der Waals surface area contributed by atoms with E-state index in [9.17, 15) is 4.79 Å². The second-order valence-electron chi connectivity index (χ2n) is 5.80. The summed E-state index contributed by atoms with van der Waals surface area (Å²) in [5.41, 5.74) is 0.714. The summed E-state index contributed by atoms with van der Waals surface area (Å²) in [6, 6.07) is 7.02. The number of amides is 1. The van der Waals surface area contributed by atoms with Gasteiger partial charge in [-0.15, -0.1) is 0 Å². The van der Waals surface area contributed by atoms with Crippen molar-refractivity contribution in [3.63, 3.8) is 0 Å². The number of benzene rings is 1. The second kappa shape index (κ2) is 5.81. The second-order valence-corrected chi connectivity index (χ2v) is 7.40. The fourth-order valence-electron chi connectivity index (χ4n) is 3.36. The molecule has 2 aliphatic heterocycles. The molecule has 1 aromatic rings. The molecule has 5 heteroatoms. The molecule has 2 unspecified atom stereocenters. The summed E-state index contributed by atoms with van der Waals surface area (Å²) in [5, 5.41) is 4.23. The van der Waals surface area contributed by atoms with E-state index in [4.69, 9.17) is 11.6 Å². The summed E-state index contributed by atoms with van der Waals surface area (Å²) < 4.78 is 0.959. The molecular weight excluding hydrogens is 387 g/mol. The van der Waals surface area contributed by atoms with Crippen LogP contribution in [0.15, 0.2) is 18.2 Å². The maximum atomic E-state index is 12.7. The van der Waals surface area contributed by atoms with Gasteiger partial charge in [0.1, 0.15) is 0 Å². The molecule has 0 spiro atoms. The number of fused-ring (bicyclic) bond motifs is 2. The van der Waals surface area contributed by atoms with Crippen molar-refractivity contribution in [2.75, 3.05) is 7.05 Å². The van der Waals surface area contributed by atoms with Crippen molar-refractivity contribution in [2.45, 2.75) is 43.8 Å². The Kier molecular flexibility index (Phi) is 4.24. The highest BCUT2D eigenvalue weighted by Gasteiger charge is 2.36. The first-order valence-corrected chi connectivity index (χ1v) is 8.48. The minimum Gasteiger partial charge on any atom is -0.339 e. The van der Waals surface area contributed by atoms with Gasteiger partial charge < -0.3 is 10.2 Å². The first-order valence-electron chi connectivity index (χ1n) is 7.03. The van der Waals surface area contributed by atoms with E-state index in [0.29, 0.717) is 28.7 Å². The maximum absolute atomic E-state index is 12.7. The van der Waals surface area contributed by atoms with Gasteiger partial charge >= 0.3 is 0 Å². The molecule has 1 aromatic carbocycles. The fraction of sp³-hybridized carbons (Fsp3) is 0.533. The normalized spacial score (nSPS) is 28.4. The van der Waals surface area contributed by atoms with Crippen LogP contribution in [0.4, 0.5) is 0 Å². The molecule has 3 rings (SSSR count). The zero-order valence-corrected chi connectivity index (χ0v) is 14.3. The SMILES string of the molecule is CN(C(=O)c1cc(Cl)ccc1I)C1CC2CCC(C1)N2. The Hall–Kier alpha value is -0.330. The van der Waals surface area contributed by atoms with Gasteiger partial charge in [0.25, 0.3) is 5.91 Å². The van der Waals surface area contributed by atoms with Gasteiger partial charge in [0.05, 0.1) is 5.56 Å². The number of rotatable bonds is 2. The molecule has 0 saturated carbocycles. The summed E-state index contributed by atoms with van der Waals surface area (Å²) in [5.74, 6) is 0.0863. The zero-order valence-electron chi connectivity index (χ0n) is 11.4. The molecule has 3 nitrogen and oxygen atoms in total. The number of piperidine rings is 1. The summed E-state index contributed by atoms with van der Waals surface area (Å²) >= 11 is 8.22. The van der Waals surface area contributed by atoms with Crippen molar-refractivity contribution < 1.29 is 4.79 Å². The Morgan fingerprint density at radius 2 is 2.00 bits per heavy atom. The maximum Gasteiger partial charge on any atom is 0.254 e. The van der Waals surface area contributed by atoms with E-state index in [2.05, 4.69) is 27.9 Å². The summed E-state index contributed by atoms with van der Waals surface area (Å²) in [6.07, 6.45) is 4.63. The Labute approximate surface area is 138 Å². The molecule has 108 valence electrons. The van der Waals surface area contributed by atoms with E-state index in [1.807, 2.05) is 24.1 Å². The first-order chi connectivity index (χ1) is 9.54. The average Bonchev–Trinajstić information content (AvgIpc) is 2.78. The fourth-order valence-corrected chi connectivity index (χ4v) is 4.10. The van der Waals surface area contributed by atoms with Crippen molar-refractivity contribution in [3.05, 3.63) is 32.4 Å². The number of carbonyl (C=O) groups is 1. The predicted octanol–water partition coefficient (Wildman–Crippen LogP) is 3.30. The third-order valence-corrected chi connectivity index (χ3v) is 5.65. The van der Waals surface area contributed by atoms with Crippen LogP contribution in [0, 0.1) is 3.57 Å². The largest absolute Gasteiger partial charge is 0.339 e. The zero-order chi connectivity index (χ0) is 14.3. The Morgan fingerprint density at radius 3 is 2.65 bits per heavy atom. The van der Waals surface area contributed by atoms with E-state index in [1.54, 1.807) is 6.07 Å². The molecule has 2 saturated heterocycles. The predicted molar refractivity (Wildman–Crippen MR) is 89.2 cm³/mol. The van der Waals surface area contributed by atoms with Crippen LogP contribution in [-0.4, -0.2) is 36.0 Å². The molecular formula is C15H18ClIN2O. The summed E-state index contributed by atoms with van der Waals surface area (Å²) in [4.78, 5) is 14.6. The van der Waals surface area contributed by atoms with Crippen LogP contribution >= 0.6 is 34.2 Å². The van der Waals surface area contributed by atoms with Crippen molar-refractivity contribution in [3.8, 4) is 0 Å². The Bertz CT molecular complexity index is 525. The molecule has 2 aliphatic rings. The minimum atomic E-state index is 0.0863. The van der Waals surface area contributed by atoms with Gasteiger partial charge in [-0.2, -0.15) is 0 Å². The molecule has 2 bridgehead atoms. The van der Waals surface area contributed by atoms with Crippen molar-refractivity contribution >= 4 is 40.1 Å². The van der Waals surface area contributed by atoms with Gasteiger partial charge in [-0.25, -0.2) is 0 Å². The highest BCUT2D eigenvalue weighted by molar-refractivity contribution is 14.1. The third-order valence-electron chi connectivity index (χ3n) is 4.48. The van der Waals surface area contributed by atoms with Crippen LogP contribution in [0.2, 0.25) is 5.02 Å². The molecule has 1 N–H and O–H groups in total. The van der Waals surface area contributed by atoms with E-state index in [1.165, 1.54) is 12.8 Å². The van der Waals surface area contributed by atoms with Crippen LogP contribution in [0.1, 0.15) is 36.0 Å². The van der Waals surface area contributed by atoms with Gasteiger partial charge in [0.15, 0.2) is 0 Å². The van der Waals surface area contributed by atoms with Gasteiger partial charge in [0.2, 0.25) is 0 Å². The lowest BCUT2D eigenvalue weighted by Gasteiger charge is -2.35. The molecule has 1 amide bonds. The molecule has 20 heavy (non-hydrogen) atoms. The number of halogens is 2. The number of nitrogens with one attached hydrogen (secondary N) is 1. The van der Waals surface area contributed by atoms with Gasteiger partial charge in [-0.3, -0.25) is 4.79 Å². The smallest absolute Gasteiger partial charge is 0.254 e. The van der Waals surface area contributed by atoms with E-state index in [-0.39, 0.29) is 5.91 Å². The molecule has 0 radical (unpaired) electrons. The van der Waals surface area contributed by atoms with Crippen LogP contribution in [-0.2, 0) is 0 Å². The number of nitrogens with zero attached hydrogens (tertiary/aromatic N) is 1. The number of hydrogen-bond acceptors (Lipinski definition) is 2. The highest BCUT2D eigenvalue weighted by atomic mass is 127. The molecule has 2 fully saturated rings. The van der Waals surface area contributed by atoms with E-state index < -0.39 is 0 Å². The quantitative estimate of drug-likeness (QED) is 0.767. The minimum absolute atomic E-state index is 0.0863. The lowest BCUT2D eigenvalue weighted by Crippen LogP contribution is -2.48. The van der Waals surface area contributed by atoms with Gasteiger partial charge in [0, 0.05) is 33.8 Å². The summed E-state index contributed by atoms with van der Waals surface area (Å²) in [7, 11) is 1.93. The molecule has 0 aromatic heterocycles. The highest BCUT2D eigenvalue weighted by Crippen LogP contribution is 2.30. The monoisotopic (exact) mass is 404 g/mol. The van der Waals surface area contributed by atoms with Crippen LogP contribution < -0.4 is 5.32 Å². The Morgan fingerprint density at radius 1 is 1.35 bits per heavy atom. The van der Waals surface area contributed by atoms with E-state index >= 15 is 0 Å². The Balaban J connectivity index is 1.78. The number of carbonyl (C=O) groups excluding carboxylic acids is 1. The van der Waals surface area contributed by atoms with Crippen molar-refractivity contribution in [2.24, 2.45) is 0 Å². The standard InChI is InChI=1S/C15H18ClIN2O/c1-19(12-7-10-3-4-11(8-12)18-10)15(20)13-6-9(16)2-5-14(13)17/h2,5-6,10-12,18H,3-4,7-8H2,1H3. The average molecular weight is 405 g/mol. The van der Waals surface area contributed by atoms with Gasteiger partial charge in [-0.05, 0) is 66.5 Å². The van der Waals surface area contributed by atoms with Crippen molar-refractivity contribution in [1.82, 2.24) is 10.2 Å². The summed E-state index contributed by atoms with van der Waals surface area (Å²) in [6.45, 7) is 0. The van der Waals surface area contributed by atoms with Crippen molar-refractivity contribution in [1.29, 1.82) is 0 Å². The molecule has 2 atom stereocenters. The third kappa shape index (κ3) is 2.83. The van der Waals surface area contributed by atoms with Gasteiger partial charge in [-0.1, -0.05) is 11.6 Å². The molecule has 0 aliphatic carbocycles. The van der Waals surface area contributed by atoms with Crippen LogP contribution in [0.3, 0.4) is 0 Å². The van der Waals surface area contributed by atoms with Crippen LogP contribution in [0.25, 0.3) is 0 Å².